The van der Waals surface area contributed by atoms with E-state index in [2.05, 4.69) is 5.32 Å². The number of aliphatic carboxylic acids is 1. The van der Waals surface area contributed by atoms with Gasteiger partial charge in [-0.1, -0.05) is 12.1 Å². The minimum atomic E-state index is -1.00. The Balaban J connectivity index is 2.26. The number of amides is 1. The zero-order valence-corrected chi connectivity index (χ0v) is 15.9. The lowest BCUT2D eigenvalue weighted by atomic mass is 9.76. The van der Waals surface area contributed by atoms with Crippen LogP contribution < -0.4 is 10.1 Å². The van der Waals surface area contributed by atoms with Crippen LogP contribution in [0.5, 0.6) is 5.75 Å². The molecule has 1 atom stereocenters. The third kappa shape index (κ3) is 5.24. The number of methoxy groups -OCH3 is 1. The number of rotatable bonds is 8. The number of carbonyl (C=O) groups is 3. The summed E-state index contributed by atoms with van der Waals surface area (Å²) in [5, 5.41) is 12.2. The zero-order chi connectivity index (χ0) is 19.2. The molecule has 1 aliphatic heterocycles. The molecule has 0 spiro atoms. The number of hydrogen-bond donors (Lipinski definition) is 2. The monoisotopic (exact) mass is 379 g/mol. The van der Waals surface area contributed by atoms with Gasteiger partial charge in [0, 0.05) is 6.42 Å². The second kappa shape index (κ2) is 9.07. The van der Waals surface area contributed by atoms with Crippen LogP contribution in [-0.2, 0) is 14.4 Å². The van der Waals surface area contributed by atoms with Crippen LogP contribution in [-0.4, -0.2) is 41.4 Å². The molecule has 1 aliphatic rings. The normalized spacial score (nSPS) is 17.2. The summed E-state index contributed by atoms with van der Waals surface area (Å²) in [4.78, 5) is 36.1. The van der Waals surface area contributed by atoms with Gasteiger partial charge in [0.1, 0.15) is 11.5 Å². The number of carboxylic acids is 1. The van der Waals surface area contributed by atoms with Crippen molar-refractivity contribution in [3.05, 3.63) is 29.8 Å². The lowest BCUT2D eigenvalue weighted by Gasteiger charge is -2.36. The van der Waals surface area contributed by atoms with Crippen molar-refractivity contribution >= 4 is 29.4 Å². The van der Waals surface area contributed by atoms with Gasteiger partial charge in [0.15, 0.2) is 0 Å². The molecular weight excluding hydrogens is 354 g/mol. The Morgan fingerprint density at radius 2 is 2.00 bits per heavy atom. The molecule has 7 heteroatoms. The van der Waals surface area contributed by atoms with Gasteiger partial charge in [-0.3, -0.25) is 14.4 Å². The third-order valence-corrected chi connectivity index (χ3v) is 5.68. The summed E-state index contributed by atoms with van der Waals surface area (Å²) in [6, 6.07) is 6.34. The van der Waals surface area contributed by atoms with Gasteiger partial charge in [-0.2, -0.15) is 11.8 Å². The molecule has 2 rings (SSSR count). The molecule has 1 saturated heterocycles. The largest absolute Gasteiger partial charge is 0.497 e. The van der Waals surface area contributed by atoms with E-state index in [4.69, 9.17) is 4.74 Å². The Hall–Kier alpha value is -2.02. The first kappa shape index (κ1) is 20.3. The molecule has 0 aliphatic carbocycles. The molecule has 142 valence electrons. The molecule has 1 amide bonds. The molecule has 0 aromatic heterocycles. The van der Waals surface area contributed by atoms with Crippen LogP contribution in [0.2, 0.25) is 0 Å². The third-order valence-electron chi connectivity index (χ3n) is 4.70. The van der Waals surface area contributed by atoms with E-state index < -0.39 is 17.4 Å². The number of nitrogens with one attached hydrogen (secondary N) is 1. The van der Waals surface area contributed by atoms with Crippen LogP contribution in [0.25, 0.3) is 0 Å². The number of thioether (sulfide) groups is 1. The number of Topliss-reactive ketones (excluding diaryl/α,β-unsaturated/α-hetero) is 1. The van der Waals surface area contributed by atoms with E-state index in [0.29, 0.717) is 24.2 Å². The van der Waals surface area contributed by atoms with E-state index in [9.17, 15) is 19.5 Å². The quantitative estimate of drug-likeness (QED) is 0.721. The summed E-state index contributed by atoms with van der Waals surface area (Å²) in [6.07, 6.45) is 1.21. The molecule has 1 aromatic rings. The standard InChI is InChI=1S/C19H25NO5S/c1-13(21)12-19(6-8-26-9-7-19)18(24)20-16(11-17(22)23)14-4-3-5-15(10-14)25-2/h3-5,10,16H,6-9,11-12H2,1-2H3,(H,20,24)(H,22,23). The maximum absolute atomic E-state index is 13.1. The van der Waals surface area contributed by atoms with Crippen molar-refractivity contribution < 1.29 is 24.2 Å². The zero-order valence-electron chi connectivity index (χ0n) is 15.1. The maximum atomic E-state index is 13.1. The Morgan fingerprint density at radius 1 is 1.31 bits per heavy atom. The molecule has 2 N–H and O–H groups in total. The van der Waals surface area contributed by atoms with Crippen LogP contribution in [0.3, 0.4) is 0 Å². The molecule has 1 fully saturated rings. The molecule has 0 radical (unpaired) electrons. The highest BCUT2D eigenvalue weighted by Gasteiger charge is 2.41. The van der Waals surface area contributed by atoms with Gasteiger partial charge in [0.05, 0.1) is 25.0 Å². The summed E-state index contributed by atoms with van der Waals surface area (Å²) in [5.74, 6) is 0.982. The van der Waals surface area contributed by atoms with Gasteiger partial charge in [-0.25, -0.2) is 0 Å². The fraction of sp³-hybridized carbons (Fsp3) is 0.526. The van der Waals surface area contributed by atoms with Gasteiger partial charge in [0.2, 0.25) is 5.91 Å². The van der Waals surface area contributed by atoms with Gasteiger partial charge >= 0.3 is 5.97 Å². The molecule has 0 saturated carbocycles. The predicted molar refractivity (Wildman–Crippen MR) is 100 cm³/mol. The van der Waals surface area contributed by atoms with E-state index in [1.165, 1.54) is 14.0 Å². The lowest BCUT2D eigenvalue weighted by molar-refractivity contribution is -0.139. The summed E-state index contributed by atoms with van der Waals surface area (Å²) < 4.78 is 5.20. The van der Waals surface area contributed by atoms with Crippen LogP contribution in [0.15, 0.2) is 24.3 Å². The van der Waals surface area contributed by atoms with Crippen LogP contribution in [0.4, 0.5) is 0 Å². The van der Waals surface area contributed by atoms with Crippen LogP contribution in [0, 0.1) is 5.41 Å². The second-order valence-corrected chi connectivity index (χ2v) is 7.90. The minimum absolute atomic E-state index is 0.0248. The number of carboxylic acid groups (broad SMARTS) is 1. The number of benzene rings is 1. The van der Waals surface area contributed by atoms with E-state index in [1.54, 1.807) is 36.0 Å². The number of carbonyl (C=O) groups excluding carboxylic acids is 2. The highest BCUT2D eigenvalue weighted by atomic mass is 32.2. The molecule has 1 heterocycles. The first-order chi connectivity index (χ1) is 12.4. The number of hydrogen-bond acceptors (Lipinski definition) is 5. The van der Waals surface area contributed by atoms with Crippen molar-refractivity contribution in [3.63, 3.8) is 0 Å². The highest BCUT2D eigenvalue weighted by molar-refractivity contribution is 7.99. The Labute approximate surface area is 157 Å². The summed E-state index contributed by atoms with van der Waals surface area (Å²) >= 11 is 1.77. The molecule has 1 unspecified atom stereocenters. The smallest absolute Gasteiger partial charge is 0.305 e. The van der Waals surface area contributed by atoms with Crippen LogP contribution >= 0.6 is 11.8 Å². The average Bonchev–Trinajstić information content (AvgIpc) is 2.61. The summed E-state index contributed by atoms with van der Waals surface area (Å²) in [5.41, 5.74) is -0.0737. The Morgan fingerprint density at radius 3 is 2.58 bits per heavy atom. The minimum Gasteiger partial charge on any atom is -0.497 e. The van der Waals surface area contributed by atoms with Crippen molar-refractivity contribution in [2.45, 2.75) is 38.6 Å². The van der Waals surface area contributed by atoms with Crippen LogP contribution in [0.1, 0.15) is 44.2 Å². The fourth-order valence-corrected chi connectivity index (χ4v) is 4.59. The van der Waals surface area contributed by atoms with Crippen molar-refractivity contribution in [2.24, 2.45) is 5.41 Å². The van der Waals surface area contributed by atoms with Crippen molar-refractivity contribution in [1.82, 2.24) is 5.32 Å². The van der Waals surface area contributed by atoms with E-state index >= 15 is 0 Å². The van der Waals surface area contributed by atoms with Crippen molar-refractivity contribution in [3.8, 4) is 5.75 Å². The van der Waals surface area contributed by atoms with Gasteiger partial charge in [0.25, 0.3) is 0 Å². The fourth-order valence-electron chi connectivity index (χ4n) is 3.32. The van der Waals surface area contributed by atoms with E-state index in [0.717, 1.165) is 11.5 Å². The first-order valence-corrected chi connectivity index (χ1v) is 9.76. The summed E-state index contributed by atoms with van der Waals surface area (Å²) in [6.45, 7) is 1.49. The van der Waals surface area contributed by atoms with Crippen molar-refractivity contribution in [1.29, 1.82) is 0 Å². The topological polar surface area (TPSA) is 92.7 Å². The highest BCUT2D eigenvalue weighted by Crippen LogP contribution is 2.39. The predicted octanol–water partition coefficient (Wildman–Crippen LogP) is 2.82. The number of ether oxygens (including phenoxy) is 1. The summed E-state index contributed by atoms with van der Waals surface area (Å²) in [7, 11) is 1.53. The average molecular weight is 379 g/mol. The maximum Gasteiger partial charge on any atom is 0.305 e. The van der Waals surface area contributed by atoms with Gasteiger partial charge in [-0.15, -0.1) is 0 Å². The van der Waals surface area contributed by atoms with E-state index in [1.807, 2.05) is 0 Å². The van der Waals surface area contributed by atoms with E-state index in [-0.39, 0.29) is 24.5 Å². The molecule has 1 aromatic carbocycles. The molecule has 26 heavy (non-hydrogen) atoms. The van der Waals surface area contributed by atoms with Gasteiger partial charge in [-0.05, 0) is 49.0 Å². The Bertz CT molecular complexity index is 670. The Kier molecular flexibility index (Phi) is 7.08. The second-order valence-electron chi connectivity index (χ2n) is 6.67. The van der Waals surface area contributed by atoms with Crippen molar-refractivity contribution in [2.75, 3.05) is 18.6 Å². The molecule has 6 nitrogen and oxygen atoms in total. The lowest BCUT2D eigenvalue weighted by Crippen LogP contribution is -2.46. The van der Waals surface area contributed by atoms with Gasteiger partial charge < -0.3 is 15.2 Å². The number of ketones is 1. The SMILES string of the molecule is COc1cccc(C(CC(=O)O)NC(=O)C2(CC(C)=O)CCSCC2)c1. The first-order valence-electron chi connectivity index (χ1n) is 8.60. The molecule has 0 bridgehead atoms. The molecular formula is C19H25NO5S.